The molecule has 0 unspecified atom stereocenters. The molecule has 24 heavy (non-hydrogen) atoms. The minimum absolute atomic E-state index is 0.351. The maximum Gasteiger partial charge on any atom is 0.407 e. The van der Waals surface area contributed by atoms with Gasteiger partial charge in [-0.3, -0.25) is 0 Å². The molecule has 0 aromatic rings. The smallest absolute Gasteiger partial charge is 0.407 e. The van der Waals surface area contributed by atoms with Crippen molar-refractivity contribution < 1.29 is 19.1 Å². The van der Waals surface area contributed by atoms with E-state index in [0.717, 1.165) is 25.7 Å². The molecule has 0 radical (unpaired) electrons. The molecule has 6 nitrogen and oxygen atoms in total. The van der Waals surface area contributed by atoms with Crippen LogP contribution in [0.25, 0.3) is 0 Å². The molecule has 0 aromatic carbocycles. The van der Waals surface area contributed by atoms with Crippen LogP contribution < -0.4 is 10.6 Å². The standard InChI is InChI=1S/C18H34N2O4/c1-17(2,3)23-15(21)19-11-13-7-9-14(10-8-13)12-20-16(22)24-18(4,5)6/h13-14H,7-12H2,1-6H3,(H,19,21)(H,20,22)/t13-,14-. The third-order valence-corrected chi connectivity index (χ3v) is 3.83. The molecule has 1 rings (SSSR count). The van der Waals surface area contributed by atoms with Crippen LogP contribution in [0.5, 0.6) is 0 Å². The molecule has 0 bridgehead atoms. The molecular weight excluding hydrogens is 308 g/mol. The third kappa shape index (κ3) is 9.63. The van der Waals surface area contributed by atoms with E-state index in [1.165, 1.54) is 0 Å². The lowest BCUT2D eigenvalue weighted by Crippen LogP contribution is -2.38. The van der Waals surface area contributed by atoms with Gasteiger partial charge in [0.1, 0.15) is 11.2 Å². The minimum atomic E-state index is -0.463. The second kappa shape index (κ2) is 8.58. The van der Waals surface area contributed by atoms with Crippen LogP contribution in [0.15, 0.2) is 0 Å². The zero-order chi connectivity index (χ0) is 18.4. The molecule has 2 N–H and O–H groups in total. The highest BCUT2D eigenvalue weighted by Crippen LogP contribution is 2.28. The van der Waals surface area contributed by atoms with Gasteiger partial charge in [-0.05, 0) is 79.1 Å². The first-order chi connectivity index (χ1) is 10.9. The van der Waals surface area contributed by atoms with Crippen LogP contribution in [0.1, 0.15) is 67.2 Å². The molecular formula is C18H34N2O4. The zero-order valence-corrected chi connectivity index (χ0v) is 16.0. The summed E-state index contributed by atoms with van der Waals surface area (Å²) in [5, 5.41) is 5.70. The average molecular weight is 342 g/mol. The molecule has 0 aliphatic heterocycles. The van der Waals surface area contributed by atoms with Gasteiger partial charge in [0.15, 0.2) is 0 Å². The molecule has 1 saturated carbocycles. The summed E-state index contributed by atoms with van der Waals surface area (Å²) in [5.74, 6) is 0.964. The van der Waals surface area contributed by atoms with E-state index >= 15 is 0 Å². The number of rotatable bonds is 4. The van der Waals surface area contributed by atoms with Crippen LogP contribution in [0, 0.1) is 11.8 Å². The van der Waals surface area contributed by atoms with Gasteiger partial charge in [-0.25, -0.2) is 9.59 Å². The normalized spacial score (nSPS) is 21.8. The minimum Gasteiger partial charge on any atom is -0.444 e. The lowest BCUT2D eigenvalue weighted by Gasteiger charge is -2.29. The largest absolute Gasteiger partial charge is 0.444 e. The van der Waals surface area contributed by atoms with Crippen LogP contribution in [0.4, 0.5) is 9.59 Å². The van der Waals surface area contributed by atoms with E-state index in [9.17, 15) is 9.59 Å². The number of carbonyl (C=O) groups is 2. The summed E-state index contributed by atoms with van der Waals surface area (Å²) in [4.78, 5) is 23.3. The van der Waals surface area contributed by atoms with Crippen LogP contribution in [-0.4, -0.2) is 36.5 Å². The Balaban J connectivity index is 2.18. The summed E-state index contributed by atoms with van der Waals surface area (Å²) in [6, 6.07) is 0. The van der Waals surface area contributed by atoms with E-state index in [1.807, 2.05) is 41.5 Å². The topological polar surface area (TPSA) is 76.7 Å². The van der Waals surface area contributed by atoms with Crippen molar-refractivity contribution in [2.75, 3.05) is 13.1 Å². The Bertz CT molecular complexity index is 376. The Hall–Kier alpha value is -1.46. The molecule has 6 heteroatoms. The lowest BCUT2D eigenvalue weighted by atomic mass is 9.82. The number of nitrogens with one attached hydrogen (secondary N) is 2. The molecule has 0 aromatic heterocycles. The first-order valence-corrected chi connectivity index (χ1v) is 8.88. The number of amides is 2. The van der Waals surface area contributed by atoms with Gasteiger partial charge in [0.2, 0.25) is 0 Å². The third-order valence-electron chi connectivity index (χ3n) is 3.83. The number of hydrogen-bond donors (Lipinski definition) is 2. The van der Waals surface area contributed by atoms with Gasteiger partial charge in [0, 0.05) is 13.1 Å². The first kappa shape index (κ1) is 20.6. The number of ether oxygens (including phenoxy) is 2. The molecule has 1 aliphatic rings. The Morgan fingerprint density at radius 3 is 1.29 bits per heavy atom. The van der Waals surface area contributed by atoms with Crippen molar-refractivity contribution in [3.05, 3.63) is 0 Å². The Kier molecular flexibility index (Phi) is 7.36. The predicted octanol–water partition coefficient (Wildman–Crippen LogP) is 3.84. The Morgan fingerprint density at radius 2 is 1.04 bits per heavy atom. The average Bonchev–Trinajstić information content (AvgIpc) is 2.40. The van der Waals surface area contributed by atoms with E-state index in [4.69, 9.17) is 9.47 Å². The Morgan fingerprint density at radius 1 is 0.750 bits per heavy atom. The van der Waals surface area contributed by atoms with Crippen LogP contribution in [0.2, 0.25) is 0 Å². The summed E-state index contributed by atoms with van der Waals surface area (Å²) in [7, 11) is 0. The highest BCUT2D eigenvalue weighted by Gasteiger charge is 2.24. The molecule has 0 saturated heterocycles. The van der Waals surface area contributed by atoms with Crippen LogP contribution in [-0.2, 0) is 9.47 Å². The molecule has 0 atom stereocenters. The Labute approximate surface area is 146 Å². The summed E-state index contributed by atoms with van der Waals surface area (Å²) >= 11 is 0. The fourth-order valence-electron chi connectivity index (χ4n) is 2.72. The van der Waals surface area contributed by atoms with Crippen molar-refractivity contribution in [1.29, 1.82) is 0 Å². The van der Waals surface area contributed by atoms with Crippen molar-refractivity contribution in [3.63, 3.8) is 0 Å². The van der Waals surface area contributed by atoms with Gasteiger partial charge >= 0.3 is 12.2 Å². The summed E-state index contributed by atoms with van der Waals surface area (Å²) < 4.78 is 10.5. The molecule has 140 valence electrons. The van der Waals surface area contributed by atoms with Crippen LogP contribution >= 0.6 is 0 Å². The maximum atomic E-state index is 11.7. The molecule has 1 fully saturated rings. The van der Waals surface area contributed by atoms with Crippen molar-refractivity contribution in [2.24, 2.45) is 11.8 Å². The summed E-state index contributed by atoms with van der Waals surface area (Å²) in [6.07, 6.45) is 3.51. The highest BCUT2D eigenvalue weighted by molar-refractivity contribution is 5.68. The van der Waals surface area contributed by atoms with Crippen molar-refractivity contribution in [3.8, 4) is 0 Å². The second-order valence-electron chi connectivity index (χ2n) is 8.65. The summed E-state index contributed by atoms with van der Waals surface area (Å²) in [5.41, 5.74) is -0.926. The second-order valence-corrected chi connectivity index (χ2v) is 8.65. The summed E-state index contributed by atoms with van der Waals surface area (Å²) in [6.45, 7) is 12.4. The van der Waals surface area contributed by atoms with Gasteiger partial charge in [0.25, 0.3) is 0 Å². The molecule has 2 amide bonds. The quantitative estimate of drug-likeness (QED) is 0.814. The number of carbonyl (C=O) groups excluding carboxylic acids is 2. The molecule has 0 spiro atoms. The van der Waals surface area contributed by atoms with Gasteiger partial charge in [-0.15, -0.1) is 0 Å². The van der Waals surface area contributed by atoms with Crippen molar-refractivity contribution >= 4 is 12.2 Å². The van der Waals surface area contributed by atoms with E-state index in [2.05, 4.69) is 10.6 Å². The molecule has 1 aliphatic carbocycles. The number of alkyl carbamates (subject to hydrolysis) is 2. The van der Waals surface area contributed by atoms with Gasteiger partial charge in [-0.1, -0.05) is 0 Å². The van der Waals surface area contributed by atoms with Gasteiger partial charge in [0.05, 0.1) is 0 Å². The zero-order valence-electron chi connectivity index (χ0n) is 16.0. The SMILES string of the molecule is CC(C)(C)OC(=O)NC[C@H]1CC[C@H](CNC(=O)OC(C)(C)C)CC1. The van der Waals surface area contributed by atoms with Crippen molar-refractivity contribution in [2.45, 2.75) is 78.4 Å². The van der Waals surface area contributed by atoms with E-state index in [0.29, 0.717) is 24.9 Å². The van der Waals surface area contributed by atoms with Crippen molar-refractivity contribution in [1.82, 2.24) is 10.6 Å². The van der Waals surface area contributed by atoms with E-state index in [1.54, 1.807) is 0 Å². The predicted molar refractivity (Wildman–Crippen MR) is 93.9 cm³/mol. The highest BCUT2D eigenvalue weighted by atomic mass is 16.6. The van der Waals surface area contributed by atoms with E-state index < -0.39 is 11.2 Å². The fourth-order valence-corrected chi connectivity index (χ4v) is 2.72. The number of hydrogen-bond acceptors (Lipinski definition) is 4. The fraction of sp³-hybridized carbons (Fsp3) is 0.889. The molecule has 0 heterocycles. The monoisotopic (exact) mass is 342 g/mol. The first-order valence-electron chi connectivity index (χ1n) is 8.88. The van der Waals surface area contributed by atoms with Gasteiger partial charge in [-0.2, -0.15) is 0 Å². The van der Waals surface area contributed by atoms with Crippen LogP contribution in [0.3, 0.4) is 0 Å². The lowest BCUT2D eigenvalue weighted by molar-refractivity contribution is 0.0490. The maximum absolute atomic E-state index is 11.7. The van der Waals surface area contributed by atoms with E-state index in [-0.39, 0.29) is 12.2 Å². The van der Waals surface area contributed by atoms with Gasteiger partial charge < -0.3 is 20.1 Å².